The maximum atomic E-state index is 5.75. The predicted molar refractivity (Wildman–Crippen MR) is 56.1 cm³/mol. The van der Waals surface area contributed by atoms with Gasteiger partial charge in [-0.3, -0.25) is 0 Å². The molecule has 2 heteroatoms. The Morgan fingerprint density at radius 2 is 1.77 bits per heavy atom. The number of hydrogen-bond donors (Lipinski definition) is 0. The number of hydrogen-bond acceptors (Lipinski definition) is 1. The minimum atomic E-state index is -0.228. The summed E-state index contributed by atoms with van der Waals surface area (Å²) in [7, 11) is 0. The summed E-state index contributed by atoms with van der Waals surface area (Å²) in [6, 6.07) is 7.38. The molecule has 1 rings (SSSR count). The Bertz CT molecular complexity index is 264. The number of halogens is 1. The predicted octanol–water partition coefficient (Wildman–Crippen LogP) is 3.72. The third-order valence-corrected chi connectivity index (χ3v) is 2.14. The fraction of sp³-hybridized carbons (Fsp3) is 0.364. The molecule has 0 aliphatic heterocycles. The SMILES string of the molecule is C[CH]C(C)(C)Oc1ccc(Cl)cc1. The Morgan fingerprint density at radius 3 is 2.23 bits per heavy atom. The van der Waals surface area contributed by atoms with E-state index in [0.29, 0.717) is 0 Å². The van der Waals surface area contributed by atoms with Gasteiger partial charge in [-0.2, -0.15) is 0 Å². The quantitative estimate of drug-likeness (QED) is 0.718. The van der Waals surface area contributed by atoms with Gasteiger partial charge in [0.05, 0.1) is 0 Å². The molecule has 0 aliphatic rings. The van der Waals surface area contributed by atoms with E-state index >= 15 is 0 Å². The zero-order valence-electron chi connectivity index (χ0n) is 8.17. The van der Waals surface area contributed by atoms with Gasteiger partial charge >= 0.3 is 0 Å². The molecule has 0 saturated carbocycles. The highest BCUT2D eigenvalue weighted by molar-refractivity contribution is 6.30. The molecule has 0 heterocycles. The first kappa shape index (κ1) is 10.4. The van der Waals surface area contributed by atoms with Gasteiger partial charge in [-0.15, -0.1) is 0 Å². The number of benzene rings is 1. The van der Waals surface area contributed by atoms with Gasteiger partial charge in [-0.05, 0) is 38.1 Å². The van der Waals surface area contributed by atoms with Crippen LogP contribution in [0.5, 0.6) is 5.75 Å². The smallest absolute Gasteiger partial charge is 0.120 e. The minimum absolute atomic E-state index is 0.228. The molecular weight excluding hydrogens is 184 g/mol. The summed E-state index contributed by atoms with van der Waals surface area (Å²) in [6.07, 6.45) is 2.02. The van der Waals surface area contributed by atoms with Gasteiger partial charge in [-0.25, -0.2) is 0 Å². The van der Waals surface area contributed by atoms with E-state index in [1.807, 2.05) is 51.5 Å². The molecule has 71 valence electrons. The fourth-order valence-electron chi connectivity index (χ4n) is 0.865. The molecule has 0 fully saturated rings. The second kappa shape index (κ2) is 4.01. The second-order valence-corrected chi connectivity index (χ2v) is 3.88. The summed E-state index contributed by atoms with van der Waals surface area (Å²) >= 11 is 5.75. The lowest BCUT2D eigenvalue weighted by Gasteiger charge is -2.24. The molecule has 1 aromatic carbocycles. The highest BCUT2D eigenvalue weighted by Gasteiger charge is 2.16. The molecule has 0 saturated heterocycles. The highest BCUT2D eigenvalue weighted by Crippen LogP contribution is 2.21. The fourth-order valence-corrected chi connectivity index (χ4v) is 0.991. The van der Waals surface area contributed by atoms with Crippen LogP contribution in [0.1, 0.15) is 20.8 Å². The van der Waals surface area contributed by atoms with Crippen molar-refractivity contribution in [3.05, 3.63) is 35.7 Å². The van der Waals surface area contributed by atoms with Crippen molar-refractivity contribution in [2.45, 2.75) is 26.4 Å². The Labute approximate surface area is 84.7 Å². The highest BCUT2D eigenvalue weighted by atomic mass is 35.5. The molecule has 0 N–H and O–H groups in total. The van der Waals surface area contributed by atoms with Crippen molar-refractivity contribution in [2.24, 2.45) is 0 Å². The molecule has 13 heavy (non-hydrogen) atoms. The second-order valence-electron chi connectivity index (χ2n) is 3.45. The van der Waals surface area contributed by atoms with Crippen molar-refractivity contribution in [3.8, 4) is 5.75 Å². The summed E-state index contributed by atoms with van der Waals surface area (Å²) in [6.45, 7) is 6.01. The maximum absolute atomic E-state index is 5.75. The molecule has 1 nitrogen and oxygen atoms in total. The standard InChI is InChI=1S/C11H14ClO/c1-4-11(2,3)13-10-7-5-9(12)6-8-10/h4-8H,1-3H3. The van der Waals surface area contributed by atoms with E-state index in [-0.39, 0.29) is 5.60 Å². The largest absolute Gasteiger partial charge is 0.488 e. The maximum Gasteiger partial charge on any atom is 0.120 e. The Balaban J connectivity index is 2.69. The van der Waals surface area contributed by atoms with Crippen LogP contribution in [-0.4, -0.2) is 5.60 Å². The Hall–Kier alpha value is -0.690. The molecule has 0 bridgehead atoms. The number of rotatable bonds is 3. The molecule has 0 unspecified atom stereocenters. The molecule has 0 aromatic heterocycles. The van der Waals surface area contributed by atoms with E-state index < -0.39 is 0 Å². The van der Waals surface area contributed by atoms with Crippen LogP contribution in [0.15, 0.2) is 24.3 Å². The first-order valence-electron chi connectivity index (χ1n) is 4.28. The zero-order chi connectivity index (χ0) is 9.90. The van der Waals surface area contributed by atoms with Crippen LogP contribution >= 0.6 is 11.6 Å². The molecule has 1 aromatic rings. The molecule has 1 radical (unpaired) electrons. The van der Waals surface area contributed by atoms with Gasteiger partial charge < -0.3 is 4.74 Å². The van der Waals surface area contributed by atoms with Crippen molar-refractivity contribution in [2.75, 3.05) is 0 Å². The van der Waals surface area contributed by atoms with E-state index in [1.54, 1.807) is 0 Å². The van der Waals surface area contributed by atoms with Gasteiger partial charge in [-0.1, -0.05) is 18.5 Å². The van der Waals surface area contributed by atoms with E-state index in [9.17, 15) is 0 Å². The van der Waals surface area contributed by atoms with E-state index in [0.717, 1.165) is 10.8 Å². The van der Waals surface area contributed by atoms with Crippen LogP contribution in [0.25, 0.3) is 0 Å². The van der Waals surface area contributed by atoms with Crippen molar-refractivity contribution >= 4 is 11.6 Å². The van der Waals surface area contributed by atoms with E-state index in [1.165, 1.54) is 0 Å². The molecule has 0 aliphatic carbocycles. The molecular formula is C11H14ClO. The average Bonchev–Trinajstić information content (AvgIpc) is 2.09. The lowest BCUT2D eigenvalue weighted by molar-refractivity contribution is 0.145. The first-order chi connectivity index (χ1) is 6.03. The van der Waals surface area contributed by atoms with Crippen molar-refractivity contribution in [1.29, 1.82) is 0 Å². The zero-order valence-corrected chi connectivity index (χ0v) is 8.93. The van der Waals surface area contributed by atoms with Crippen molar-refractivity contribution in [3.63, 3.8) is 0 Å². The molecule has 0 atom stereocenters. The monoisotopic (exact) mass is 197 g/mol. The topological polar surface area (TPSA) is 9.23 Å². The van der Waals surface area contributed by atoms with E-state index in [2.05, 4.69) is 0 Å². The Kier molecular flexibility index (Phi) is 3.21. The summed E-state index contributed by atoms with van der Waals surface area (Å²) in [5.41, 5.74) is -0.228. The normalized spacial score (nSPS) is 11.4. The summed E-state index contributed by atoms with van der Waals surface area (Å²) in [5.74, 6) is 0.840. The van der Waals surface area contributed by atoms with Gasteiger partial charge in [0.15, 0.2) is 0 Å². The van der Waals surface area contributed by atoms with Gasteiger partial charge in [0.2, 0.25) is 0 Å². The van der Waals surface area contributed by atoms with E-state index in [4.69, 9.17) is 16.3 Å². The summed E-state index contributed by atoms with van der Waals surface area (Å²) in [5, 5.41) is 0.727. The lowest BCUT2D eigenvalue weighted by atomic mass is 10.1. The average molecular weight is 198 g/mol. The minimum Gasteiger partial charge on any atom is -0.488 e. The number of ether oxygens (including phenoxy) is 1. The van der Waals surface area contributed by atoms with Gasteiger partial charge in [0.1, 0.15) is 11.4 Å². The van der Waals surface area contributed by atoms with Crippen LogP contribution in [0, 0.1) is 6.42 Å². The van der Waals surface area contributed by atoms with Crippen LogP contribution in [0.3, 0.4) is 0 Å². The summed E-state index contributed by atoms with van der Waals surface area (Å²) in [4.78, 5) is 0. The van der Waals surface area contributed by atoms with Crippen molar-refractivity contribution in [1.82, 2.24) is 0 Å². The van der Waals surface area contributed by atoms with Crippen LogP contribution in [0.2, 0.25) is 5.02 Å². The van der Waals surface area contributed by atoms with Gasteiger partial charge in [0.25, 0.3) is 0 Å². The third kappa shape index (κ3) is 3.27. The Morgan fingerprint density at radius 1 is 1.23 bits per heavy atom. The van der Waals surface area contributed by atoms with Crippen molar-refractivity contribution < 1.29 is 4.74 Å². The van der Waals surface area contributed by atoms with Gasteiger partial charge in [0, 0.05) is 11.4 Å². The summed E-state index contributed by atoms with van der Waals surface area (Å²) < 4.78 is 5.69. The first-order valence-corrected chi connectivity index (χ1v) is 4.66. The van der Waals surface area contributed by atoms with Crippen LogP contribution in [-0.2, 0) is 0 Å². The van der Waals surface area contributed by atoms with Crippen LogP contribution < -0.4 is 4.74 Å². The molecule has 0 spiro atoms. The third-order valence-electron chi connectivity index (χ3n) is 1.89. The lowest BCUT2D eigenvalue weighted by Crippen LogP contribution is -2.27. The molecule has 0 amide bonds. The van der Waals surface area contributed by atoms with Crippen LogP contribution in [0.4, 0.5) is 0 Å².